The normalized spacial score (nSPS) is 13.6. The summed E-state index contributed by atoms with van der Waals surface area (Å²) in [6.45, 7) is 4.87. The molecule has 0 saturated heterocycles. The average Bonchev–Trinajstić information content (AvgIpc) is 2.28. The SMILES string of the molecule is CC(C)S(=O)(=O)N[C@H](C)c1ccc([N+](=O)[O-])cc1. The van der Waals surface area contributed by atoms with E-state index in [0.29, 0.717) is 5.56 Å². The molecule has 0 amide bonds. The highest BCUT2D eigenvalue weighted by Gasteiger charge is 2.19. The highest BCUT2D eigenvalue weighted by Crippen LogP contribution is 2.18. The topological polar surface area (TPSA) is 89.3 Å². The minimum atomic E-state index is -3.36. The van der Waals surface area contributed by atoms with Crippen LogP contribution in [0.15, 0.2) is 24.3 Å². The van der Waals surface area contributed by atoms with Crippen LogP contribution in [-0.2, 0) is 10.0 Å². The van der Waals surface area contributed by atoms with Crippen LogP contribution in [0, 0.1) is 10.1 Å². The molecule has 1 aromatic carbocycles. The summed E-state index contributed by atoms with van der Waals surface area (Å²) >= 11 is 0. The minimum absolute atomic E-state index is 0.0160. The third kappa shape index (κ3) is 3.51. The van der Waals surface area contributed by atoms with Crippen LogP contribution in [0.4, 0.5) is 5.69 Å². The van der Waals surface area contributed by atoms with Crippen molar-refractivity contribution in [3.8, 4) is 0 Å². The molecule has 0 aliphatic heterocycles. The first-order valence-electron chi connectivity index (χ1n) is 5.49. The van der Waals surface area contributed by atoms with Gasteiger partial charge in [-0.05, 0) is 26.3 Å². The number of nitrogens with zero attached hydrogens (tertiary/aromatic N) is 1. The van der Waals surface area contributed by atoms with Crippen molar-refractivity contribution in [1.29, 1.82) is 0 Å². The zero-order chi connectivity index (χ0) is 13.9. The lowest BCUT2D eigenvalue weighted by Gasteiger charge is -2.16. The van der Waals surface area contributed by atoms with Crippen LogP contribution < -0.4 is 4.72 Å². The van der Waals surface area contributed by atoms with E-state index in [2.05, 4.69) is 4.72 Å². The molecule has 1 rings (SSSR count). The molecule has 0 unspecified atom stereocenters. The van der Waals surface area contributed by atoms with Crippen LogP contribution in [-0.4, -0.2) is 18.6 Å². The molecule has 6 nitrogen and oxygen atoms in total. The van der Waals surface area contributed by atoms with Crippen molar-refractivity contribution in [2.45, 2.75) is 32.1 Å². The van der Waals surface area contributed by atoms with Gasteiger partial charge in [0.05, 0.1) is 10.2 Å². The predicted molar refractivity (Wildman–Crippen MR) is 68.7 cm³/mol. The Morgan fingerprint density at radius 1 is 1.17 bits per heavy atom. The lowest BCUT2D eigenvalue weighted by Crippen LogP contribution is -2.32. The van der Waals surface area contributed by atoms with Crippen molar-refractivity contribution in [2.24, 2.45) is 0 Å². The maximum atomic E-state index is 11.7. The summed E-state index contributed by atoms with van der Waals surface area (Å²) in [4.78, 5) is 10.0. The molecule has 0 bridgehead atoms. The number of non-ortho nitro benzene ring substituents is 1. The van der Waals surface area contributed by atoms with Crippen molar-refractivity contribution in [1.82, 2.24) is 4.72 Å². The Hall–Kier alpha value is -1.47. The fourth-order valence-electron chi connectivity index (χ4n) is 1.34. The van der Waals surface area contributed by atoms with E-state index >= 15 is 0 Å². The lowest BCUT2D eigenvalue weighted by molar-refractivity contribution is -0.384. The summed E-state index contributed by atoms with van der Waals surface area (Å²) in [6.07, 6.45) is 0. The van der Waals surface area contributed by atoms with E-state index in [1.165, 1.54) is 12.1 Å². The molecule has 0 fully saturated rings. The van der Waals surface area contributed by atoms with Gasteiger partial charge >= 0.3 is 0 Å². The number of nitro benzene ring substituents is 1. The van der Waals surface area contributed by atoms with E-state index in [1.807, 2.05) is 0 Å². The van der Waals surface area contributed by atoms with Crippen LogP contribution in [0.5, 0.6) is 0 Å². The van der Waals surface area contributed by atoms with E-state index in [1.54, 1.807) is 32.9 Å². The Bertz CT molecular complexity index is 522. The molecule has 1 aromatic rings. The quantitative estimate of drug-likeness (QED) is 0.655. The second-order valence-corrected chi connectivity index (χ2v) is 6.55. The summed E-state index contributed by atoms with van der Waals surface area (Å²) in [6, 6.07) is 5.39. The Balaban J connectivity index is 2.85. The smallest absolute Gasteiger partial charge is 0.258 e. The van der Waals surface area contributed by atoms with Gasteiger partial charge in [-0.2, -0.15) is 0 Å². The van der Waals surface area contributed by atoms with E-state index in [-0.39, 0.29) is 5.69 Å². The third-order valence-corrected chi connectivity index (χ3v) is 4.49. The number of hydrogen-bond acceptors (Lipinski definition) is 4. The second-order valence-electron chi connectivity index (χ2n) is 4.28. The van der Waals surface area contributed by atoms with Gasteiger partial charge < -0.3 is 0 Å². The van der Waals surface area contributed by atoms with Crippen molar-refractivity contribution in [3.05, 3.63) is 39.9 Å². The number of rotatable bonds is 5. The zero-order valence-electron chi connectivity index (χ0n) is 10.5. The largest absolute Gasteiger partial charge is 0.269 e. The second kappa shape index (κ2) is 5.45. The first-order chi connectivity index (χ1) is 8.24. The Morgan fingerprint density at radius 3 is 2.06 bits per heavy atom. The first kappa shape index (κ1) is 14.6. The highest BCUT2D eigenvalue weighted by molar-refractivity contribution is 7.90. The first-order valence-corrected chi connectivity index (χ1v) is 7.04. The Morgan fingerprint density at radius 2 is 1.67 bits per heavy atom. The van der Waals surface area contributed by atoms with E-state index in [0.717, 1.165) is 0 Å². The lowest BCUT2D eigenvalue weighted by atomic mass is 10.1. The van der Waals surface area contributed by atoms with Gasteiger partial charge in [0.2, 0.25) is 10.0 Å². The van der Waals surface area contributed by atoms with Gasteiger partial charge in [0.25, 0.3) is 5.69 Å². The van der Waals surface area contributed by atoms with Crippen molar-refractivity contribution < 1.29 is 13.3 Å². The molecule has 1 N–H and O–H groups in total. The molecule has 0 aliphatic carbocycles. The van der Waals surface area contributed by atoms with Gasteiger partial charge in [0, 0.05) is 18.2 Å². The molecule has 0 aliphatic rings. The maximum absolute atomic E-state index is 11.7. The highest BCUT2D eigenvalue weighted by atomic mass is 32.2. The molecule has 0 radical (unpaired) electrons. The molecule has 0 heterocycles. The van der Waals surface area contributed by atoms with Gasteiger partial charge in [0.1, 0.15) is 0 Å². The van der Waals surface area contributed by atoms with E-state index < -0.39 is 26.2 Å². The molecular formula is C11H16N2O4S. The zero-order valence-corrected chi connectivity index (χ0v) is 11.3. The number of sulfonamides is 1. The number of benzene rings is 1. The fraction of sp³-hybridized carbons (Fsp3) is 0.455. The number of nitro groups is 1. The molecule has 0 spiro atoms. The Labute approximate surface area is 106 Å². The maximum Gasteiger partial charge on any atom is 0.269 e. The van der Waals surface area contributed by atoms with Gasteiger partial charge in [0.15, 0.2) is 0 Å². The van der Waals surface area contributed by atoms with Crippen LogP contribution >= 0.6 is 0 Å². The van der Waals surface area contributed by atoms with Gasteiger partial charge in [-0.3, -0.25) is 10.1 Å². The van der Waals surface area contributed by atoms with Crippen LogP contribution in [0.2, 0.25) is 0 Å². The number of nitrogens with one attached hydrogen (secondary N) is 1. The van der Waals surface area contributed by atoms with Crippen molar-refractivity contribution in [3.63, 3.8) is 0 Å². The van der Waals surface area contributed by atoms with Crippen LogP contribution in [0.25, 0.3) is 0 Å². The number of hydrogen-bond donors (Lipinski definition) is 1. The molecule has 0 aromatic heterocycles. The fourth-order valence-corrected chi connectivity index (χ4v) is 2.24. The molecule has 0 saturated carbocycles. The van der Waals surface area contributed by atoms with Crippen molar-refractivity contribution in [2.75, 3.05) is 0 Å². The van der Waals surface area contributed by atoms with Crippen LogP contribution in [0.1, 0.15) is 32.4 Å². The summed E-state index contributed by atoms with van der Waals surface area (Å²) in [5.41, 5.74) is 0.669. The summed E-state index contributed by atoms with van der Waals surface area (Å²) in [5, 5.41) is 9.98. The molecular weight excluding hydrogens is 256 g/mol. The van der Waals surface area contributed by atoms with Gasteiger partial charge in [-0.15, -0.1) is 0 Å². The minimum Gasteiger partial charge on any atom is -0.258 e. The van der Waals surface area contributed by atoms with E-state index in [4.69, 9.17) is 0 Å². The summed E-state index contributed by atoms with van der Waals surface area (Å²) in [5.74, 6) is 0. The van der Waals surface area contributed by atoms with Gasteiger partial charge in [-0.1, -0.05) is 12.1 Å². The molecule has 18 heavy (non-hydrogen) atoms. The predicted octanol–water partition coefficient (Wildman–Crippen LogP) is 1.98. The van der Waals surface area contributed by atoms with Gasteiger partial charge in [-0.25, -0.2) is 13.1 Å². The van der Waals surface area contributed by atoms with E-state index in [9.17, 15) is 18.5 Å². The molecule has 7 heteroatoms. The standard InChI is InChI=1S/C11H16N2O4S/c1-8(2)18(16,17)12-9(3)10-4-6-11(7-5-10)13(14)15/h4-9,12H,1-3H3/t9-/m1/s1. The molecule has 100 valence electrons. The average molecular weight is 272 g/mol. The monoisotopic (exact) mass is 272 g/mol. The third-order valence-electron chi connectivity index (χ3n) is 2.57. The summed E-state index contributed by atoms with van der Waals surface area (Å²) < 4.78 is 25.9. The Kier molecular flexibility index (Phi) is 4.42. The molecule has 1 atom stereocenters. The summed E-state index contributed by atoms with van der Waals surface area (Å²) in [7, 11) is -3.36. The van der Waals surface area contributed by atoms with Crippen LogP contribution in [0.3, 0.4) is 0 Å². The van der Waals surface area contributed by atoms with Crippen molar-refractivity contribution >= 4 is 15.7 Å².